The van der Waals surface area contributed by atoms with Gasteiger partial charge < -0.3 is 0 Å². The van der Waals surface area contributed by atoms with E-state index in [-0.39, 0.29) is 0 Å². The summed E-state index contributed by atoms with van der Waals surface area (Å²) in [5.41, 5.74) is 3.68. The van der Waals surface area contributed by atoms with Crippen LogP contribution in [0.3, 0.4) is 0 Å². The first-order chi connectivity index (χ1) is 4.72. The van der Waals surface area contributed by atoms with Crippen LogP contribution in [0.2, 0.25) is 0 Å². The highest BCUT2D eigenvalue weighted by molar-refractivity contribution is 7.79. The van der Waals surface area contributed by atoms with Gasteiger partial charge in [0.05, 0.1) is 0 Å². The van der Waals surface area contributed by atoms with Crippen LogP contribution in [0, 0.1) is 13.8 Å². The molecule has 0 aliphatic heterocycles. The Kier molecular flexibility index (Phi) is 2.17. The number of rotatable bonds is 1. The van der Waals surface area contributed by atoms with Crippen molar-refractivity contribution >= 4 is 17.6 Å². The number of benzene rings is 1. The smallest absolute Gasteiger partial charge is 0.00863 e. The molecule has 10 heavy (non-hydrogen) atoms. The maximum atomic E-state index is 4.81. The van der Waals surface area contributed by atoms with E-state index in [0.29, 0.717) is 0 Å². The van der Waals surface area contributed by atoms with Crippen molar-refractivity contribution in [1.82, 2.24) is 0 Å². The topological polar surface area (TPSA) is 0 Å². The zero-order valence-electron chi connectivity index (χ0n) is 6.22. The molecule has 0 atom stereocenters. The van der Waals surface area contributed by atoms with Gasteiger partial charge in [0, 0.05) is 5.37 Å². The number of aryl methyl sites for hydroxylation is 2. The van der Waals surface area contributed by atoms with Crippen molar-refractivity contribution < 1.29 is 0 Å². The van der Waals surface area contributed by atoms with E-state index in [0.717, 1.165) is 5.56 Å². The van der Waals surface area contributed by atoms with Crippen molar-refractivity contribution in [3.05, 3.63) is 34.9 Å². The van der Waals surface area contributed by atoms with Gasteiger partial charge in [-0.2, -0.15) is 0 Å². The minimum Gasteiger partial charge on any atom is -0.0881 e. The predicted molar refractivity (Wildman–Crippen MR) is 48.7 cm³/mol. The average Bonchev–Trinajstić information content (AvgIpc) is 1.85. The Morgan fingerprint density at radius 2 is 1.60 bits per heavy atom. The molecule has 0 saturated carbocycles. The largest absolute Gasteiger partial charge is 0.0881 e. The standard InChI is InChI=1S/C9H10S/c1-7-3-8(2)5-9(4-7)6-10/h3-6H,1-2H3. The van der Waals surface area contributed by atoms with Crippen molar-refractivity contribution in [2.75, 3.05) is 0 Å². The molecule has 0 spiro atoms. The zero-order chi connectivity index (χ0) is 7.56. The highest BCUT2D eigenvalue weighted by Gasteiger charge is 1.89. The molecule has 1 rings (SSSR count). The molecule has 1 aromatic carbocycles. The van der Waals surface area contributed by atoms with E-state index >= 15 is 0 Å². The Labute approximate surface area is 66.9 Å². The van der Waals surface area contributed by atoms with Crippen molar-refractivity contribution in [2.45, 2.75) is 13.8 Å². The molecule has 0 bridgehead atoms. The lowest BCUT2D eigenvalue weighted by molar-refractivity contribution is 1.38. The second-order valence-corrected chi connectivity index (χ2v) is 2.77. The van der Waals surface area contributed by atoms with E-state index in [1.807, 2.05) is 0 Å². The van der Waals surface area contributed by atoms with Gasteiger partial charge >= 0.3 is 0 Å². The summed E-state index contributed by atoms with van der Waals surface area (Å²) in [6, 6.07) is 6.31. The summed E-state index contributed by atoms with van der Waals surface area (Å²) in [5, 5.41) is 1.71. The SMILES string of the molecule is Cc1cc(C)cc(C=S)c1. The van der Waals surface area contributed by atoms with Crippen LogP contribution in [0.15, 0.2) is 18.2 Å². The second kappa shape index (κ2) is 2.93. The normalized spacial score (nSPS) is 9.40. The summed E-state index contributed by atoms with van der Waals surface area (Å²) in [7, 11) is 0. The molecule has 0 N–H and O–H groups in total. The third-order valence-corrected chi connectivity index (χ3v) is 1.65. The van der Waals surface area contributed by atoms with Gasteiger partial charge in [-0.3, -0.25) is 0 Å². The van der Waals surface area contributed by atoms with E-state index in [9.17, 15) is 0 Å². The Morgan fingerprint density at radius 1 is 1.10 bits per heavy atom. The summed E-state index contributed by atoms with van der Waals surface area (Å²) in [5.74, 6) is 0. The zero-order valence-corrected chi connectivity index (χ0v) is 7.03. The van der Waals surface area contributed by atoms with Crippen molar-refractivity contribution in [3.8, 4) is 0 Å². The quantitative estimate of drug-likeness (QED) is 0.555. The Hall–Kier alpha value is -0.690. The lowest BCUT2D eigenvalue weighted by Gasteiger charge is -1.97. The molecule has 0 radical (unpaired) electrons. The lowest BCUT2D eigenvalue weighted by atomic mass is 10.1. The highest BCUT2D eigenvalue weighted by atomic mass is 32.1. The summed E-state index contributed by atoms with van der Waals surface area (Å²) >= 11 is 4.81. The number of hydrogen-bond acceptors (Lipinski definition) is 1. The van der Waals surface area contributed by atoms with Crippen molar-refractivity contribution in [3.63, 3.8) is 0 Å². The molecule has 1 heteroatoms. The van der Waals surface area contributed by atoms with Crippen LogP contribution >= 0.6 is 12.2 Å². The minimum absolute atomic E-state index is 1.13. The molecule has 1 aromatic rings. The van der Waals surface area contributed by atoms with Gasteiger partial charge in [0.15, 0.2) is 0 Å². The lowest BCUT2D eigenvalue weighted by Crippen LogP contribution is -1.82. The van der Waals surface area contributed by atoms with Gasteiger partial charge in [0.1, 0.15) is 0 Å². The molecular formula is C9H10S. The van der Waals surface area contributed by atoms with Gasteiger partial charge in [-0.05, 0) is 19.4 Å². The van der Waals surface area contributed by atoms with Crippen molar-refractivity contribution in [1.29, 1.82) is 0 Å². The van der Waals surface area contributed by atoms with E-state index in [1.165, 1.54) is 11.1 Å². The van der Waals surface area contributed by atoms with Gasteiger partial charge in [0.2, 0.25) is 0 Å². The van der Waals surface area contributed by atoms with Crippen LogP contribution in [0.25, 0.3) is 0 Å². The number of thiocarbonyl (C=S) groups is 1. The van der Waals surface area contributed by atoms with Crippen LogP contribution in [-0.4, -0.2) is 5.37 Å². The Morgan fingerprint density at radius 3 is 2.00 bits per heavy atom. The summed E-state index contributed by atoms with van der Waals surface area (Å²) in [6.07, 6.45) is 0. The van der Waals surface area contributed by atoms with Crippen LogP contribution in [0.4, 0.5) is 0 Å². The molecule has 0 saturated heterocycles. The summed E-state index contributed by atoms with van der Waals surface area (Å²) < 4.78 is 0. The van der Waals surface area contributed by atoms with E-state index in [2.05, 4.69) is 32.0 Å². The third-order valence-electron chi connectivity index (χ3n) is 1.38. The fourth-order valence-electron chi connectivity index (χ4n) is 1.08. The molecule has 0 heterocycles. The van der Waals surface area contributed by atoms with Gasteiger partial charge in [-0.25, -0.2) is 0 Å². The first kappa shape index (κ1) is 7.42. The molecule has 0 nitrogen and oxygen atoms in total. The van der Waals surface area contributed by atoms with Crippen LogP contribution in [0.5, 0.6) is 0 Å². The Bertz CT molecular complexity index is 231. The van der Waals surface area contributed by atoms with Gasteiger partial charge in [-0.15, -0.1) is 0 Å². The average molecular weight is 150 g/mol. The molecule has 0 fully saturated rings. The highest BCUT2D eigenvalue weighted by Crippen LogP contribution is 2.06. The number of hydrogen-bond donors (Lipinski definition) is 0. The first-order valence-corrected chi connectivity index (χ1v) is 3.73. The fraction of sp³-hybridized carbons (Fsp3) is 0.222. The molecule has 0 aliphatic carbocycles. The van der Waals surface area contributed by atoms with Crippen LogP contribution in [0.1, 0.15) is 16.7 Å². The van der Waals surface area contributed by atoms with E-state index < -0.39 is 0 Å². The molecule has 0 unspecified atom stereocenters. The summed E-state index contributed by atoms with van der Waals surface area (Å²) in [6.45, 7) is 4.16. The van der Waals surface area contributed by atoms with Crippen molar-refractivity contribution in [2.24, 2.45) is 0 Å². The van der Waals surface area contributed by atoms with Gasteiger partial charge in [-0.1, -0.05) is 41.5 Å². The Balaban J connectivity index is 3.18. The maximum Gasteiger partial charge on any atom is 0.00863 e. The van der Waals surface area contributed by atoms with E-state index in [1.54, 1.807) is 5.37 Å². The summed E-state index contributed by atoms with van der Waals surface area (Å²) in [4.78, 5) is 0. The second-order valence-electron chi connectivity index (χ2n) is 2.54. The molecule has 0 aliphatic rings. The van der Waals surface area contributed by atoms with Crippen LogP contribution in [-0.2, 0) is 0 Å². The third kappa shape index (κ3) is 1.64. The molecular weight excluding hydrogens is 140 g/mol. The van der Waals surface area contributed by atoms with Gasteiger partial charge in [0.25, 0.3) is 0 Å². The first-order valence-electron chi connectivity index (χ1n) is 3.26. The van der Waals surface area contributed by atoms with E-state index in [4.69, 9.17) is 12.2 Å². The monoisotopic (exact) mass is 150 g/mol. The predicted octanol–water partition coefficient (Wildman–Crippen LogP) is 2.65. The van der Waals surface area contributed by atoms with Crippen LogP contribution < -0.4 is 0 Å². The fourth-order valence-corrected chi connectivity index (χ4v) is 1.21. The minimum atomic E-state index is 1.13. The maximum absolute atomic E-state index is 4.81. The molecule has 0 aromatic heterocycles. The molecule has 0 amide bonds. The molecule has 52 valence electrons.